The quantitative estimate of drug-likeness (QED) is 0.748. The lowest BCUT2D eigenvalue weighted by molar-refractivity contribution is 0.0524. The van der Waals surface area contributed by atoms with Gasteiger partial charge in [-0.1, -0.05) is 13.3 Å². The van der Waals surface area contributed by atoms with Crippen molar-refractivity contribution in [2.75, 3.05) is 6.61 Å². The molecule has 1 aromatic heterocycles. The average molecular weight is 196 g/mol. The number of ether oxygens (including phenoxy) is 1. The molecule has 0 bridgehead atoms. The molecule has 1 aromatic rings. The van der Waals surface area contributed by atoms with E-state index in [0.717, 1.165) is 18.5 Å². The molecule has 0 amide bonds. The highest BCUT2D eigenvalue weighted by molar-refractivity contribution is 5.91. The number of aryl methyl sites for hydroxylation is 2. The van der Waals surface area contributed by atoms with Crippen LogP contribution in [0.2, 0.25) is 0 Å². The van der Waals surface area contributed by atoms with Gasteiger partial charge in [0.25, 0.3) is 0 Å². The molecular formula is C10H16N2O2. The lowest BCUT2D eigenvalue weighted by Crippen LogP contribution is -2.08. The highest BCUT2D eigenvalue weighted by Gasteiger charge is 2.17. The zero-order valence-electron chi connectivity index (χ0n) is 8.89. The van der Waals surface area contributed by atoms with Gasteiger partial charge < -0.3 is 4.74 Å². The van der Waals surface area contributed by atoms with Crippen LogP contribution in [-0.2, 0) is 11.2 Å². The Hall–Kier alpha value is -1.32. The van der Waals surface area contributed by atoms with Crippen molar-refractivity contribution in [1.82, 2.24) is 10.2 Å². The minimum atomic E-state index is -0.276. The number of esters is 1. The van der Waals surface area contributed by atoms with Gasteiger partial charge in [-0.2, -0.15) is 5.10 Å². The Morgan fingerprint density at radius 2 is 2.21 bits per heavy atom. The standard InChI is InChI=1S/C10H16N2O2/c1-4-6-8-9(7(3)11-12-8)10(13)14-5-2/h4-6H2,1-3H3,(H,11,12). The van der Waals surface area contributed by atoms with E-state index in [-0.39, 0.29) is 5.97 Å². The molecule has 0 aliphatic rings. The van der Waals surface area contributed by atoms with Crippen molar-refractivity contribution < 1.29 is 9.53 Å². The normalized spacial score (nSPS) is 10.2. The van der Waals surface area contributed by atoms with Crippen molar-refractivity contribution in [1.29, 1.82) is 0 Å². The molecule has 0 radical (unpaired) electrons. The van der Waals surface area contributed by atoms with Gasteiger partial charge in [-0.15, -0.1) is 0 Å². The fraction of sp³-hybridized carbons (Fsp3) is 0.600. The summed E-state index contributed by atoms with van der Waals surface area (Å²) in [4.78, 5) is 11.5. The first kappa shape index (κ1) is 10.8. The number of hydrogen-bond donors (Lipinski definition) is 1. The fourth-order valence-electron chi connectivity index (χ4n) is 1.39. The molecule has 0 saturated heterocycles. The Morgan fingerprint density at radius 3 is 2.79 bits per heavy atom. The number of carbonyl (C=O) groups is 1. The summed E-state index contributed by atoms with van der Waals surface area (Å²) in [5.41, 5.74) is 2.20. The number of nitrogens with zero attached hydrogens (tertiary/aromatic N) is 1. The van der Waals surface area contributed by atoms with Crippen molar-refractivity contribution >= 4 is 5.97 Å². The van der Waals surface area contributed by atoms with Crippen LogP contribution in [0.5, 0.6) is 0 Å². The molecule has 0 spiro atoms. The van der Waals surface area contributed by atoms with Crippen LogP contribution in [-0.4, -0.2) is 22.8 Å². The van der Waals surface area contributed by atoms with Crippen LogP contribution < -0.4 is 0 Å². The lowest BCUT2D eigenvalue weighted by Gasteiger charge is -2.02. The van der Waals surface area contributed by atoms with Gasteiger partial charge in [0.2, 0.25) is 0 Å². The molecule has 0 aromatic carbocycles. The van der Waals surface area contributed by atoms with Crippen molar-refractivity contribution in [3.05, 3.63) is 17.0 Å². The van der Waals surface area contributed by atoms with Gasteiger partial charge in [0.1, 0.15) is 5.56 Å². The largest absolute Gasteiger partial charge is 0.462 e. The summed E-state index contributed by atoms with van der Waals surface area (Å²) in [5, 5.41) is 6.88. The van der Waals surface area contributed by atoms with Gasteiger partial charge in [0, 0.05) is 5.69 Å². The van der Waals surface area contributed by atoms with Crippen molar-refractivity contribution in [3.8, 4) is 0 Å². The Morgan fingerprint density at radius 1 is 1.50 bits per heavy atom. The molecule has 0 aliphatic heterocycles. The highest BCUT2D eigenvalue weighted by atomic mass is 16.5. The summed E-state index contributed by atoms with van der Waals surface area (Å²) in [6.45, 7) is 6.06. The van der Waals surface area contributed by atoms with E-state index in [2.05, 4.69) is 17.1 Å². The van der Waals surface area contributed by atoms with E-state index in [4.69, 9.17) is 4.74 Å². The number of carbonyl (C=O) groups excluding carboxylic acids is 1. The molecule has 4 heteroatoms. The maximum atomic E-state index is 11.5. The molecule has 1 N–H and O–H groups in total. The second kappa shape index (κ2) is 4.79. The number of rotatable bonds is 4. The van der Waals surface area contributed by atoms with Gasteiger partial charge in [-0.05, 0) is 20.3 Å². The zero-order valence-corrected chi connectivity index (χ0v) is 8.89. The molecule has 0 unspecified atom stereocenters. The van der Waals surface area contributed by atoms with E-state index in [1.807, 2.05) is 6.92 Å². The molecule has 0 saturated carbocycles. The molecule has 0 atom stereocenters. The molecule has 0 aliphatic carbocycles. The first-order valence-electron chi connectivity index (χ1n) is 4.91. The van der Waals surface area contributed by atoms with Crippen molar-refractivity contribution in [2.45, 2.75) is 33.6 Å². The maximum absolute atomic E-state index is 11.5. The van der Waals surface area contributed by atoms with Gasteiger partial charge in [0.15, 0.2) is 0 Å². The van der Waals surface area contributed by atoms with Gasteiger partial charge in [-0.3, -0.25) is 5.10 Å². The van der Waals surface area contributed by atoms with Crippen LogP contribution in [0, 0.1) is 6.92 Å². The maximum Gasteiger partial charge on any atom is 0.341 e. The third-order valence-corrected chi connectivity index (χ3v) is 2.00. The molecule has 4 nitrogen and oxygen atoms in total. The summed E-state index contributed by atoms with van der Waals surface area (Å²) < 4.78 is 4.96. The monoisotopic (exact) mass is 196 g/mol. The number of H-pyrrole nitrogens is 1. The molecule has 78 valence electrons. The molecule has 0 fully saturated rings. The average Bonchev–Trinajstić information content (AvgIpc) is 2.48. The molecule has 14 heavy (non-hydrogen) atoms. The third kappa shape index (κ3) is 2.13. The first-order chi connectivity index (χ1) is 6.70. The summed E-state index contributed by atoms with van der Waals surface area (Å²) in [5.74, 6) is -0.276. The van der Waals surface area contributed by atoms with Crippen LogP contribution in [0.25, 0.3) is 0 Å². The minimum absolute atomic E-state index is 0.276. The molecule has 1 heterocycles. The van der Waals surface area contributed by atoms with Crippen LogP contribution >= 0.6 is 0 Å². The van der Waals surface area contributed by atoms with Gasteiger partial charge in [-0.25, -0.2) is 4.79 Å². The van der Waals surface area contributed by atoms with E-state index in [1.54, 1.807) is 6.92 Å². The van der Waals surface area contributed by atoms with Crippen LogP contribution in [0.1, 0.15) is 42.0 Å². The fourth-order valence-corrected chi connectivity index (χ4v) is 1.39. The highest BCUT2D eigenvalue weighted by Crippen LogP contribution is 2.13. The minimum Gasteiger partial charge on any atom is -0.462 e. The number of aromatic amines is 1. The van der Waals surface area contributed by atoms with Gasteiger partial charge >= 0.3 is 5.97 Å². The summed E-state index contributed by atoms with van der Waals surface area (Å²) in [7, 11) is 0. The number of aromatic nitrogens is 2. The summed E-state index contributed by atoms with van der Waals surface area (Å²) in [6, 6.07) is 0. The number of hydrogen-bond acceptors (Lipinski definition) is 3. The summed E-state index contributed by atoms with van der Waals surface area (Å²) in [6.07, 6.45) is 1.81. The zero-order chi connectivity index (χ0) is 10.6. The van der Waals surface area contributed by atoms with E-state index in [9.17, 15) is 4.79 Å². The van der Waals surface area contributed by atoms with Crippen LogP contribution in [0.15, 0.2) is 0 Å². The first-order valence-corrected chi connectivity index (χ1v) is 4.91. The Balaban J connectivity index is 2.92. The Labute approximate surface area is 83.7 Å². The van der Waals surface area contributed by atoms with Crippen molar-refractivity contribution in [3.63, 3.8) is 0 Å². The van der Waals surface area contributed by atoms with E-state index < -0.39 is 0 Å². The van der Waals surface area contributed by atoms with Gasteiger partial charge in [0.05, 0.1) is 12.3 Å². The van der Waals surface area contributed by atoms with Crippen LogP contribution in [0.4, 0.5) is 0 Å². The number of nitrogens with one attached hydrogen (secondary N) is 1. The SMILES string of the molecule is CCCc1[nH]nc(C)c1C(=O)OCC. The van der Waals surface area contributed by atoms with E-state index in [1.165, 1.54) is 0 Å². The smallest absolute Gasteiger partial charge is 0.341 e. The molecule has 1 rings (SSSR count). The van der Waals surface area contributed by atoms with E-state index in [0.29, 0.717) is 17.9 Å². The second-order valence-corrected chi connectivity index (χ2v) is 3.13. The predicted molar refractivity (Wildman–Crippen MR) is 53.3 cm³/mol. The molecular weight excluding hydrogens is 180 g/mol. The topological polar surface area (TPSA) is 55.0 Å². The van der Waals surface area contributed by atoms with E-state index >= 15 is 0 Å². The lowest BCUT2D eigenvalue weighted by atomic mass is 10.1. The summed E-state index contributed by atoms with van der Waals surface area (Å²) >= 11 is 0. The van der Waals surface area contributed by atoms with Crippen LogP contribution in [0.3, 0.4) is 0 Å². The predicted octanol–water partition coefficient (Wildman–Crippen LogP) is 1.85. The Bertz CT molecular complexity index is 318. The Kier molecular flexibility index (Phi) is 3.68. The van der Waals surface area contributed by atoms with Crippen molar-refractivity contribution in [2.24, 2.45) is 0 Å². The second-order valence-electron chi connectivity index (χ2n) is 3.13. The third-order valence-electron chi connectivity index (χ3n) is 2.00.